The van der Waals surface area contributed by atoms with Gasteiger partial charge in [0, 0.05) is 19.7 Å². The van der Waals surface area contributed by atoms with E-state index in [1.807, 2.05) is 0 Å². The van der Waals surface area contributed by atoms with Crippen LogP contribution in [0.25, 0.3) is 11.6 Å². The number of hydrogen-bond acceptors (Lipinski definition) is 7. The number of rotatable bonds is 2. The van der Waals surface area contributed by atoms with E-state index in [1.165, 1.54) is 36.9 Å². The predicted molar refractivity (Wildman–Crippen MR) is 81.4 cm³/mol. The Kier molecular flexibility index (Phi) is 3.03. The maximum atomic E-state index is 12.3. The van der Waals surface area contributed by atoms with Crippen molar-refractivity contribution in [2.24, 2.45) is 24.8 Å². The maximum absolute atomic E-state index is 12.3. The molecule has 0 amide bonds. The molecule has 0 spiro atoms. The number of nitrogens with zero attached hydrogens (tertiary/aromatic N) is 4. The summed E-state index contributed by atoms with van der Waals surface area (Å²) in [6, 6.07) is 2.57. The molecular weight excluding hydrogens is 306 g/mol. The lowest BCUT2D eigenvalue weighted by Gasteiger charge is -2.07. The van der Waals surface area contributed by atoms with E-state index < -0.39 is 22.1 Å². The fraction of sp³-hybridized carbons (Fsp3) is 0.154. The number of amidine groups is 1. The number of fused-ring (bicyclic) bond motifs is 1. The van der Waals surface area contributed by atoms with Crippen molar-refractivity contribution in [3.8, 4) is 0 Å². The lowest BCUT2D eigenvalue weighted by Crippen LogP contribution is -2.38. The van der Waals surface area contributed by atoms with Crippen LogP contribution in [0.15, 0.2) is 31.1 Å². The third-order valence-corrected chi connectivity index (χ3v) is 3.48. The first-order valence-corrected chi connectivity index (χ1v) is 6.42. The van der Waals surface area contributed by atoms with Crippen molar-refractivity contribution < 1.29 is 9.34 Å². The minimum absolute atomic E-state index is 0.0253. The van der Waals surface area contributed by atoms with Crippen molar-refractivity contribution in [1.29, 1.82) is 0 Å². The maximum Gasteiger partial charge on any atom is 0.433 e. The largest absolute Gasteiger partial charge is 0.433 e. The number of nitrogens with two attached hydrogens (primary N) is 1. The fourth-order valence-electron chi connectivity index (χ4n) is 2.31. The van der Waals surface area contributed by atoms with E-state index in [0.29, 0.717) is 0 Å². The van der Waals surface area contributed by atoms with Crippen molar-refractivity contribution in [2.75, 3.05) is 0 Å². The monoisotopic (exact) mass is 317 g/mol. The zero-order valence-corrected chi connectivity index (χ0v) is 12.1. The summed E-state index contributed by atoms with van der Waals surface area (Å²) in [4.78, 5) is 38.2. The highest BCUT2D eigenvalue weighted by Crippen LogP contribution is 2.31. The normalized spacial score (nSPS) is 14.9. The van der Waals surface area contributed by atoms with Crippen LogP contribution in [-0.4, -0.2) is 19.9 Å². The highest BCUT2D eigenvalue weighted by Gasteiger charge is 2.27. The van der Waals surface area contributed by atoms with Gasteiger partial charge in [-0.05, 0) is 12.1 Å². The van der Waals surface area contributed by atoms with E-state index in [9.17, 15) is 19.7 Å². The lowest BCUT2D eigenvalue weighted by atomic mass is 10.1. The quantitative estimate of drug-likeness (QED) is 0.617. The van der Waals surface area contributed by atoms with Gasteiger partial charge in [0.2, 0.25) is 0 Å². The molecule has 10 heteroatoms. The van der Waals surface area contributed by atoms with Crippen molar-refractivity contribution in [3.63, 3.8) is 0 Å². The second-order valence-electron chi connectivity index (χ2n) is 4.89. The number of aliphatic imine (C=N–C) groups is 1. The second-order valence-corrected chi connectivity index (χ2v) is 4.89. The first-order valence-electron chi connectivity index (χ1n) is 6.42. The van der Waals surface area contributed by atoms with Gasteiger partial charge in [-0.1, -0.05) is 0 Å². The van der Waals surface area contributed by atoms with Crippen LogP contribution >= 0.6 is 0 Å². The minimum atomic E-state index is -0.676. The summed E-state index contributed by atoms with van der Waals surface area (Å²) in [5.74, 6) is -0.118. The Morgan fingerprint density at radius 1 is 1.30 bits per heavy atom. The van der Waals surface area contributed by atoms with Gasteiger partial charge in [-0.25, -0.2) is 9.79 Å². The van der Waals surface area contributed by atoms with Crippen LogP contribution in [0.3, 0.4) is 0 Å². The Morgan fingerprint density at radius 2 is 2.00 bits per heavy atom. The van der Waals surface area contributed by atoms with Crippen molar-refractivity contribution >= 4 is 29.2 Å². The fourth-order valence-corrected chi connectivity index (χ4v) is 2.31. The predicted octanol–water partition coefficient (Wildman–Crippen LogP) is 0.128. The summed E-state index contributed by atoms with van der Waals surface area (Å²) in [5.41, 5.74) is 5.14. The molecule has 0 saturated carbocycles. The molecule has 0 fully saturated rings. The number of furan rings is 1. The molecule has 3 heterocycles. The highest BCUT2D eigenvalue weighted by atomic mass is 16.6. The van der Waals surface area contributed by atoms with E-state index in [2.05, 4.69) is 4.99 Å². The van der Waals surface area contributed by atoms with E-state index in [1.54, 1.807) is 0 Å². The van der Waals surface area contributed by atoms with Crippen molar-refractivity contribution in [1.82, 2.24) is 9.13 Å². The van der Waals surface area contributed by atoms with Gasteiger partial charge < -0.3 is 10.2 Å². The standard InChI is InChI=1S/C13H11N5O5/c1-16-11-9(12(19)17(2)13(16)20)7(10(14)15-11)5-6-3-4-8(23-6)18(21)22/h3-5H,1-2H3,(H2,14,15)/b7-5-. The molecule has 0 aliphatic carbocycles. The summed E-state index contributed by atoms with van der Waals surface area (Å²) >= 11 is 0. The zero-order chi connectivity index (χ0) is 16.9. The summed E-state index contributed by atoms with van der Waals surface area (Å²) in [6.07, 6.45) is 1.38. The van der Waals surface area contributed by atoms with Crippen molar-refractivity contribution in [3.05, 3.63) is 54.4 Å². The van der Waals surface area contributed by atoms with Gasteiger partial charge in [-0.15, -0.1) is 0 Å². The number of hydrogen-bond donors (Lipinski definition) is 1. The average molecular weight is 317 g/mol. The number of nitro groups is 1. The summed E-state index contributed by atoms with van der Waals surface area (Å²) in [6.45, 7) is 0. The van der Waals surface area contributed by atoms with E-state index in [4.69, 9.17) is 10.2 Å². The Balaban J connectivity index is 2.23. The molecule has 1 aliphatic heterocycles. The van der Waals surface area contributed by atoms with Crippen LogP contribution in [-0.2, 0) is 14.1 Å². The molecule has 10 nitrogen and oxygen atoms in total. The number of aromatic nitrogens is 2. The van der Waals surface area contributed by atoms with Crippen LogP contribution in [0.1, 0.15) is 11.3 Å². The van der Waals surface area contributed by atoms with Gasteiger partial charge >= 0.3 is 11.6 Å². The van der Waals surface area contributed by atoms with Crippen LogP contribution in [0.5, 0.6) is 0 Å². The third-order valence-electron chi connectivity index (χ3n) is 3.48. The van der Waals surface area contributed by atoms with Gasteiger partial charge in [0.25, 0.3) is 5.56 Å². The molecule has 0 radical (unpaired) electrons. The van der Waals surface area contributed by atoms with Gasteiger partial charge in [-0.2, -0.15) is 0 Å². The SMILES string of the molecule is Cn1c2c(c(=O)n(C)c1=O)/C(=C/c1ccc([N+](=O)[O-])o1)C(N)=N2. The Morgan fingerprint density at radius 3 is 2.61 bits per heavy atom. The van der Waals surface area contributed by atoms with Gasteiger partial charge in [0.15, 0.2) is 5.82 Å². The highest BCUT2D eigenvalue weighted by molar-refractivity contribution is 6.30. The molecule has 2 aromatic heterocycles. The van der Waals surface area contributed by atoms with E-state index >= 15 is 0 Å². The Bertz CT molecular complexity index is 1020. The molecule has 0 saturated heterocycles. The molecule has 2 aromatic rings. The van der Waals surface area contributed by atoms with Gasteiger partial charge in [-0.3, -0.25) is 24.0 Å². The lowest BCUT2D eigenvalue weighted by molar-refractivity contribution is -0.402. The summed E-state index contributed by atoms with van der Waals surface area (Å²) in [5, 5.41) is 10.6. The Hall–Kier alpha value is -3.43. The first-order chi connectivity index (χ1) is 10.8. The molecule has 3 rings (SSSR count). The van der Waals surface area contributed by atoms with Crippen molar-refractivity contribution in [2.45, 2.75) is 0 Å². The molecule has 0 bridgehead atoms. The van der Waals surface area contributed by atoms with Gasteiger partial charge in [0.05, 0.1) is 11.6 Å². The van der Waals surface area contributed by atoms with Crippen LogP contribution in [0.4, 0.5) is 11.7 Å². The molecule has 0 atom stereocenters. The molecule has 0 unspecified atom stereocenters. The molecule has 23 heavy (non-hydrogen) atoms. The molecule has 118 valence electrons. The smallest absolute Gasteiger partial charge is 0.401 e. The molecule has 0 aromatic carbocycles. The Labute approximate surface area is 127 Å². The summed E-state index contributed by atoms with van der Waals surface area (Å²) in [7, 11) is 2.81. The first kappa shape index (κ1) is 14.5. The topological polar surface area (TPSA) is 139 Å². The zero-order valence-electron chi connectivity index (χ0n) is 12.1. The molecular formula is C13H11N5O5. The third kappa shape index (κ3) is 2.08. The second kappa shape index (κ2) is 4.80. The molecule has 1 aliphatic rings. The van der Waals surface area contributed by atoms with E-state index in [0.717, 1.165) is 4.57 Å². The van der Waals surface area contributed by atoms with Crippen LogP contribution in [0.2, 0.25) is 0 Å². The minimum Gasteiger partial charge on any atom is -0.401 e. The van der Waals surface area contributed by atoms with Crippen LogP contribution < -0.4 is 17.0 Å². The van der Waals surface area contributed by atoms with E-state index in [-0.39, 0.29) is 28.6 Å². The van der Waals surface area contributed by atoms with Crippen LogP contribution in [0, 0.1) is 10.1 Å². The van der Waals surface area contributed by atoms with Gasteiger partial charge in [0.1, 0.15) is 16.5 Å². The summed E-state index contributed by atoms with van der Waals surface area (Å²) < 4.78 is 7.17. The average Bonchev–Trinajstić information content (AvgIpc) is 3.09. The molecule has 2 N–H and O–H groups in total.